The van der Waals surface area contributed by atoms with Crippen LogP contribution in [0.5, 0.6) is 0 Å². The Bertz CT molecular complexity index is 1800. The summed E-state index contributed by atoms with van der Waals surface area (Å²) in [5, 5.41) is 11.8. The van der Waals surface area contributed by atoms with E-state index in [1.54, 1.807) is 0 Å². The van der Waals surface area contributed by atoms with Gasteiger partial charge in [0.25, 0.3) is 0 Å². The molecule has 0 rings (SSSR count). The van der Waals surface area contributed by atoms with E-state index in [0.717, 1.165) is 122 Å². The van der Waals surface area contributed by atoms with Gasteiger partial charge in [-0.2, -0.15) is 0 Å². The van der Waals surface area contributed by atoms with E-state index in [1.807, 2.05) is 21.1 Å². The van der Waals surface area contributed by atoms with E-state index < -0.39 is 24.3 Å². The highest BCUT2D eigenvalue weighted by Crippen LogP contribution is 2.13. The van der Waals surface area contributed by atoms with Crippen LogP contribution < -0.4 is 5.11 Å². The second-order valence-electron chi connectivity index (χ2n) is 21.3. The molecule has 0 heterocycles. The third-order valence-electron chi connectivity index (χ3n) is 12.6. The monoisotopic (exact) mass is 1100 g/mol. The van der Waals surface area contributed by atoms with Crippen molar-refractivity contribution < 1.29 is 42.9 Å². The van der Waals surface area contributed by atoms with Gasteiger partial charge in [-0.3, -0.25) is 9.59 Å². The van der Waals surface area contributed by atoms with Crippen molar-refractivity contribution in [2.24, 2.45) is 0 Å². The third kappa shape index (κ3) is 60.7. The standard InChI is InChI=1S/C70H113NO8/c1-6-8-10-12-14-16-18-20-22-24-26-28-30-31-32-33-34-35-36-37-39-41-43-45-47-49-51-53-55-57-59-61-68(73)79-66(65-78-70(69(74)75)76-63-62-71(3,4)5)64-77-67(72)60-58-56-54-52-50-48-46-44-42-40-38-29-27-25-23-21-19-17-15-13-11-9-7-2/h8,10,14,16,19-22,25-28,31-32,34-35,37-40,43,45,49,51,66,70H,6-7,9,11-13,15,17-18,23-24,29-30,33,36,41-42,44,46-48,50,52-65H2,1-5H3/b10-8-,16-14-,21-19-,22-20-,27-25-,28-26-,32-31-,35-34-,39-37-,40-38-,45-43-,51-49-. The summed E-state index contributed by atoms with van der Waals surface area (Å²) in [6.45, 7) is 4.55. The minimum absolute atomic E-state index is 0.131. The number of likely N-dealkylation sites (N-methyl/N-ethyl adjacent to an activating group) is 1. The first kappa shape index (κ1) is 74.2. The predicted molar refractivity (Wildman–Crippen MR) is 333 cm³/mol. The quantitative estimate of drug-likeness (QED) is 0.0195. The van der Waals surface area contributed by atoms with Gasteiger partial charge in [0.05, 0.1) is 40.3 Å². The molecule has 79 heavy (non-hydrogen) atoms. The maximum atomic E-state index is 12.9. The molecule has 0 saturated heterocycles. The Kier molecular flexibility index (Phi) is 55.7. The molecule has 0 spiro atoms. The first-order valence-corrected chi connectivity index (χ1v) is 31.0. The number of allylic oxidation sites excluding steroid dienone is 24. The topological polar surface area (TPSA) is 111 Å². The molecule has 0 amide bonds. The van der Waals surface area contributed by atoms with Gasteiger partial charge in [-0.05, 0) is 122 Å². The normalized spacial score (nSPS) is 13.8. The highest BCUT2D eigenvalue weighted by molar-refractivity contribution is 5.70. The maximum absolute atomic E-state index is 12.9. The lowest BCUT2D eigenvalue weighted by molar-refractivity contribution is -0.870. The summed E-state index contributed by atoms with van der Waals surface area (Å²) in [6.07, 6.45) is 83.2. The Morgan fingerprint density at radius 1 is 0.392 bits per heavy atom. The van der Waals surface area contributed by atoms with Crippen molar-refractivity contribution in [2.75, 3.05) is 47.5 Å². The molecule has 0 aliphatic carbocycles. The number of hydrogen-bond acceptors (Lipinski definition) is 8. The number of rotatable bonds is 55. The Balaban J connectivity index is 4.36. The summed E-state index contributed by atoms with van der Waals surface area (Å²) >= 11 is 0. The van der Waals surface area contributed by atoms with E-state index in [-0.39, 0.29) is 38.6 Å². The first-order chi connectivity index (χ1) is 38.6. The van der Waals surface area contributed by atoms with Gasteiger partial charge in [0, 0.05) is 12.8 Å². The molecular formula is C70H113NO8. The van der Waals surface area contributed by atoms with Gasteiger partial charge in [-0.1, -0.05) is 230 Å². The summed E-state index contributed by atoms with van der Waals surface area (Å²) < 4.78 is 22.7. The van der Waals surface area contributed by atoms with E-state index in [9.17, 15) is 19.5 Å². The van der Waals surface area contributed by atoms with Crippen LogP contribution in [-0.2, 0) is 33.3 Å². The highest BCUT2D eigenvalue weighted by Gasteiger charge is 2.22. The van der Waals surface area contributed by atoms with Crippen LogP contribution in [-0.4, -0.2) is 82.3 Å². The smallest absolute Gasteiger partial charge is 0.306 e. The van der Waals surface area contributed by atoms with Crippen LogP contribution in [0.25, 0.3) is 0 Å². The van der Waals surface area contributed by atoms with E-state index in [1.165, 1.54) is 64.2 Å². The first-order valence-electron chi connectivity index (χ1n) is 31.0. The molecule has 0 aromatic carbocycles. The van der Waals surface area contributed by atoms with Crippen LogP contribution in [0.15, 0.2) is 146 Å². The summed E-state index contributed by atoms with van der Waals surface area (Å²) in [4.78, 5) is 37.4. The van der Waals surface area contributed by atoms with Crippen molar-refractivity contribution in [1.82, 2.24) is 0 Å². The fourth-order valence-corrected chi connectivity index (χ4v) is 7.83. The van der Waals surface area contributed by atoms with Crippen molar-refractivity contribution in [3.63, 3.8) is 0 Å². The zero-order chi connectivity index (χ0) is 57.6. The number of carbonyl (C=O) groups excluding carboxylic acids is 3. The molecule has 0 aromatic rings. The zero-order valence-corrected chi connectivity index (χ0v) is 50.7. The zero-order valence-electron chi connectivity index (χ0n) is 50.7. The minimum Gasteiger partial charge on any atom is -0.545 e. The van der Waals surface area contributed by atoms with E-state index in [2.05, 4.69) is 160 Å². The fraction of sp³-hybridized carbons (Fsp3) is 0.614. The number of nitrogens with zero attached hydrogens (tertiary/aromatic N) is 1. The van der Waals surface area contributed by atoms with Crippen LogP contribution in [0.2, 0.25) is 0 Å². The number of esters is 2. The average Bonchev–Trinajstić information content (AvgIpc) is 3.42. The fourth-order valence-electron chi connectivity index (χ4n) is 7.83. The number of quaternary nitrogens is 1. The van der Waals surface area contributed by atoms with E-state index >= 15 is 0 Å². The SMILES string of the molecule is CC/C=C\C/C=C\C/C=C\C/C=C\C/C=C\C/C=C\C/C=C\C/C=C\C/C=C\CCCCCC(=O)OC(COC(=O)CCCCCCCCCC/C=C\C/C=C\C/C=C\CCCCCCC)COC(OCC[N+](C)(C)C)C(=O)[O-]. The maximum Gasteiger partial charge on any atom is 0.306 e. The Hall–Kier alpha value is -4.83. The van der Waals surface area contributed by atoms with Gasteiger partial charge in [-0.25, -0.2) is 0 Å². The van der Waals surface area contributed by atoms with Gasteiger partial charge in [0.1, 0.15) is 13.2 Å². The summed E-state index contributed by atoms with van der Waals surface area (Å²) in [7, 11) is 5.90. The molecule has 0 fully saturated rings. The van der Waals surface area contributed by atoms with E-state index in [4.69, 9.17) is 18.9 Å². The van der Waals surface area contributed by atoms with Gasteiger partial charge < -0.3 is 33.3 Å². The lowest BCUT2D eigenvalue weighted by atomic mass is 10.1. The minimum atomic E-state index is -1.64. The highest BCUT2D eigenvalue weighted by atomic mass is 16.7. The van der Waals surface area contributed by atoms with Crippen LogP contribution in [0, 0.1) is 0 Å². The summed E-state index contributed by atoms with van der Waals surface area (Å²) in [6, 6.07) is 0. The summed E-state index contributed by atoms with van der Waals surface area (Å²) in [5.41, 5.74) is 0. The van der Waals surface area contributed by atoms with Gasteiger partial charge in [0.2, 0.25) is 0 Å². The number of carbonyl (C=O) groups is 3. The summed E-state index contributed by atoms with van der Waals surface area (Å²) in [5.74, 6) is -2.36. The van der Waals surface area contributed by atoms with Gasteiger partial charge in [0.15, 0.2) is 12.4 Å². The molecule has 0 aromatic heterocycles. The number of hydrogen-bond donors (Lipinski definition) is 0. The second kappa shape index (κ2) is 59.3. The average molecular weight is 1100 g/mol. The second-order valence-corrected chi connectivity index (χ2v) is 21.3. The van der Waals surface area contributed by atoms with Gasteiger partial charge >= 0.3 is 11.9 Å². The van der Waals surface area contributed by atoms with Crippen molar-refractivity contribution >= 4 is 17.9 Å². The molecule has 2 atom stereocenters. The number of carboxylic acid groups (broad SMARTS) is 1. The van der Waals surface area contributed by atoms with E-state index in [0.29, 0.717) is 17.4 Å². The number of ether oxygens (including phenoxy) is 4. The van der Waals surface area contributed by atoms with Gasteiger partial charge in [-0.15, -0.1) is 0 Å². The van der Waals surface area contributed by atoms with Crippen molar-refractivity contribution in [3.8, 4) is 0 Å². The molecule has 446 valence electrons. The largest absolute Gasteiger partial charge is 0.545 e. The molecule has 2 unspecified atom stereocenters. The third-order valence-corrected chi connectivity index (χ3v) is 12.6. The molecule has 0 aliphatic rings. The molecule has 0 radical (unpaired) electrons. The Morgan fingerprint density at radius 3 is 1.09 bits per heavy atom. The number of unbranched alkanes of at least 4 members (excludes halogenated alkanes) is 16. The molecule has 0 bridgehead atoms. The molecule has 0 N–H and O–H groups in total. The van der Waals surface area contributed by atoms with Crippen LogP contribution in [0.1, 0.15) is 219 Å². The Labute approximate surface area is 483 Å². The lowest BCUT2D eigenvalue weighted by Gasteiger charge is -2.26. The van der Waals surface area contributed by atoms with Crippen molar-refractivity contribution in [2.45, 2.75) is 232 Å². The molecule has 0 saturated carbocycles. The predicted octanol–water partition coefficient (Wildman–Crippen LogP) is 17.5. The molecule has 0 aliphatic heterocycles. The van der Waals surface area contributed by atoms with Crippen LogP contribution in [0.4, 0.5) is 0 Å². The lowest BCUT2D eigenvalue weighted by Crippen LogP contribution is -2.44. The molecule has 9 nitrogen and oxygen atoms in total. The molecule has 9 heteroatoms. The van der Waals surface area contributed by atoms with Crippen molar-refractivity contribution in [1.29, 1.82) is 0 Å². The Morgan fingerprint density at radius 2 is 0.722 bits per heavy atom. The van der Waals surface area contributed by atoms with Crippen LogP contribution >= 0.6 is 0 Å². The molecular weight excluding hydrogens is 983 g/mol. The number of carboxylic acids is 1. The van der Waals surface area contributed by atoms with Crippen LogP contribution in [0.3, 0.4) is 0 Å². The number of aliphatic carboxylic acids is 1. The van der Waals surface area contributed by atoms with Crippen molar-refractivity contribution in [3.05, 3.63) is 146 Å².